The van der Waals surface area contributed by atoms with E-state index in [2.05, 4.69) is 5.32 Å². The van der Waals surface area contributed by atoms with Gasteiger partial charge in [0.2, 0.25) is 0 Å². The molecule has 0 radical (unpaired) electrons. The van der Waals surface area contributed by atoms with Crippen LogP contribution in [0.2, 0.25) is 5.02 Å². The summed E-state index contributed by atoms with van der Waals surface area (Å²) in [6, 6.07) is 4.07. The monoisotopic (exact) mass is 341 g/mol. The van der Waals surface area contributed by atoms with Gasteiger partial charge in [-0.1, -0.05) is 24.6 Å². The van der Waals surface area contributed by atoms with Crippen molar-refractivity contribution < 1.29 is 14.0 Å². The summed E-state index contributed by atoms with van der Waals surface area (Å²) in [7, 11) is 0. The largest absolute Gasteiger partial charge is 0.338 e. The number of nitrogens with zero attached hydrogens (tertiary/aromatic N) is 2. The van der Waals surface area contributed by atoms with Crippen molar-refractivity contribution in [2.24, 2.45) is 0 Å². The number of benzene rings is 1. The molecule has 5 nitrogen and oxygen atoms in total. The standard InChI is InChI=1S/C16H21ClFN3O2/c1-2-7-19-16(23)21-9-4-8-20(10-11-21)15(22)14-12(17)5-3-6-13(14)18/h3,5-6H,2,4,7-11H2,1H3,(H,19,23). The van der Waals surface area contributed by atoms with E-state index >= 15 is 0 Å². The van der Waals surface area contributed by atoms with Gasteiger partial charge in [-0.3, -0.25) is 4.79 Å². The average molecular weight is 342 g/mol. The number of carbonyl (C=O) groups excluding carboxylic acids is 2. The van der Waals surface area contributed by atoms with E-state index in [0.29, 0.717) is 39.1 Å². The summed E-state index contributed by atoms with van der Waals surface area (Å²) < 4.78 is 13.9. The summed E-state index contributed by atoms with van der Waals surface area (Å²) in [5.41, 5.74) is -0.0990. The van der Waals surface area contributed by atoms with Crippen molar-refractivity contribution >= 4 is 23.5 Å². The van der Waals surface area contributed by atoms with Gasteiger partial charge >= 0.3 is 6.03 Å². The van der Waals surface area contributed by atoms with Crippen molar-refractivity contribution in [2.75, 3.05) is 32.7 Å². The van der Waals surface area contributed by atoms with Crippen LogP contribution >= 0.6 is 11.6 Å². The number of hydrogen-bond donors (Lipinski definition) is 1. The Balaban J connectivity index is 2.03. The number of rotatable bonds is 3. The van der Waals surface area contributed by atoms with E-state index < -0.39 is 11.7 Å². The van der Waals surface area contributed by atoms with Gasteiger partial charge in [0.15, 0.2) is 0 Å². The fraction of sp³-hybridized carbons (Fsp3) is 0.500. The predicted octanol–water partition coefficient (Wildman–Crippen LogP) is 2.75. The van der Waals surface area contributed by atoms with Crippen molar-refractivity contribution in [3.63, 3.8) is 0 Å². The average Bonchev–Trinajstić information content (AvgIpc) is 2.78. The minimum atomic E-state index is -0.621. The fourth-order valence-corrected chi connectivity index (χ4v) is 2.77. The summed E-state index contributed by atoms with van der Waals surface area (Å²) in [6.45, 7) is 4.45. The van der Waals surface area contributed by atoms with Crippen molar-refractivity contribution in [3.05, 3.63) is 34.6 Å². The fourth-order valence-electron chi connectivity index (χ4n) is 2.53. The number of nitrogens with one attached hydrogen (secondary N) is 1. The van der Waals surface area contributed by atoms with Crippen LogP contribution in [-0.4, -0.2) is 54.5 Å². The zero-order valence-corrected chi connectivity index (χ0v) is 13.9. The lowest BCUT2D eigenvalue weighted by Gasteiger charge is -2.23. The topological polar surface area (TPSA) is 52.7 Å². The molecule has 0 aromatic heterocycles. The van der Waals surface area contributed by atoms with Crippen molar-refractivity contribution in [1.82, 2.24) is 15.1 Å². The zero-order chi connectivity index (χ0) is 16.8. The van der Waals surface area contributed by atoms with Gasteiger partial charge in [0.05, 0.1) is 10.6 Å². The molecule has 0 saturated carbocycles. The number of carbonyl (C=O) groups is 2. The van der Waals surface area contributed by atoms with E-state index in [-0.39, 0.29) is 16.6 Å². The van der Waals surface area contributed by atoms with Gasteiger partial charge in [-0.05, 0) is 25.0 Å². The normalized spacial score (nSPS) is 15.3. The van der Waals surface area contributed by atoms with E-state index in [0.717, 1.165) is 6.42 Å². The third-order valence-corrected chi connectivity index (χ3v) is 4.09. The maximum Gasteiger partial charge on any atom is 0.317 e. The van der Waals surface area contributed by atoms with Gasteiger partial charge in [-0.15, -0.1) is 0 Å². The van der Waals surface area contributed by atoms with Crippen molar-refractivity contribution in [2.45, 2.75) is 19.8 Å². The number of amides is 3. The summed E-state index contributed by atoms with van der Waals surface area (Å²) in [5.74, 6) is -1.05. The molecule has 1 N–H and O–H groups in total. The molecule has 126 valence electrons. The first-order valence-electron chi connectivity index (χ1n) is 7.80. The molecule has 1 aliphatic heterocycles. The Bertz CT molecular complexity index is 562. The predicted molar refractivity (Wildman–Crippen MR) is 87.2 cm³/mol. The lowest BCUT2D eigenvalue weighted by Crippen LogP contribution is -2.42. The Morgan fingerprint density at radius 1 is 1.22 bits per heavy atom. The van der Waals surface area contributed by atoms with Crippen LogP contribution in [0.3, 0.4) is 0 Å². The Kier molecular flexibility index (Phi) is 6.21. The summed E-state index contributed by atoms with van der Waals surface area (Å²) in [4.78, 5) is 27.8. The molecular formula is C16H21ClFN3O2. The molecule has 0 spiro atoms. The highest BCUT2D eigenvalue weighted by molar-refractivity contribution is 6.33. The molecule has 0 atom stereocenters. The SMILES string of the molecule is CCCNC(=O)N1CCCN(C(=O)c2c(F)cccc2Cl)CC1. The number of hydrogen-bond acceptors (Lipinski definition) is 2. The van der Waals surface area contributed by atoms with Crippen LogP contribution in [0.4, 0.5) is 9.18 Å². The molecule has 3 amide bonds. The lowest BCUT2D eigenvalue weighted by atomic mass is 10.1. The summed E-state index contributed by atoms with van der Waals surface area (Å²) in [6.07, 6.45) is 1.52. The van der Waals surface area contributed by atoms with Crippen LogP contribution in [-0.2, 0) is 0 Å². The first-order chi connectivity index (χ1) is 11.0. The van der Waals surface area contributed by atoms with E-state index in [1.165, 1.54) is 18.2 Å². The first-order valence-corrected chi connectivity index (χ1v) is 8.18. The van der Waals surface area contributed by atoms with Gasteiger partial charge in [0.25, 0.3) is 5.91 Å². The summed E-state index contributed by atoms with van der Waals surface area (Å²) >= 11 is 5.96. The number of halogens is 2. The summed E-state index contributed by atoms with van der Waals surface area (Å²) in [5, 5.41) is 2.93. The Labute approximate surface area is 140 Å². The second-order valence-electron chi connectivity index (χ2n) is 5.46. The van der Waals surface area contributed by atoms with Crippen LogP contribution in [0.15, 0.2) is 18.2 Å². The molecule has 1 saturated heterocycles. The van der Waals surface area contributed by atoms with E-state index in [9.17, 15) is 14.0 Å². The van der Waals surface area contributed by atoms with Crippen LogP contribution < -0.4 is 5.32 Å². The molecule has 1 aliphatic rings. The molecule has 7 heteroatoms. The highest BCUT2D eigenvalue weighted by atomic mass is 35.5. The quantitative estimate of drug-likeness (QED) is 0.919. The van der Waals surface area contributed by atoms with Crippen LogP contribution in [0.5, 0.6) is 0 Å². The highest BCUT2D eigenvalue weighted by Crippen LogP contribution is 2.21. The molecule has 1 aromatic carbocycles. The lowest BCUT2D eigenvalue weighted by molar-refractivity contribution is 0.0758. The molecule has 0 unspecified atom stereocenters. The molecule has 1 fully saturated rings. The Morgan fingerprint density at radius 3 is 2.61 bits per heavy atom. The molecular weight excluding hydrogens is 321 g/mol. The van der Waals surface area contributed by atoms with Gasteiger partial charge in [-0.25, -0.2) is 9.18 Å². The minimum Gasteiger partial charge on any atom is -0.338 e. The van der Waals surface area contributed by atoms with E-state index in [1.807, 2.05) is 6.92 Å². The van der Waals surface area contributed by atoms with Gasteiger partial charge in [0, 0.05) is 32.7 Å². The molecule has 23 heavy (non-hydrogen) atoms. The van der Waals surface area contributed by atoms with Crippen LogP contribution in [0, 0.1) is 5.82 Å². The van der Waals surface area contributed by atoms with Gasteiger partial charge < -0.3 is 15.1 Å². The Morgan fingerprint density at radius 2 is 1.91 bits per heavy atom. The molecule has 1 aromatic rings. The molecule has 0 aliphatic carbocycles. The molecule has 0 bridgehead atoms. The number of urea groups is 1. The van der Waals surface area contributed by atoms with Crippen LogP contribution in [0.25, 0.3) is 0 Å². The van der Waals surface area contributed by atoms with Gasteiger partial charge in [0.1, 0.15) is 5.82 Å². The zero-order valence-electron chi connectivity index (χ0n) is 13.1. The second-order valence-corrected chi connectivity index (χ2v) is 5.87. The molecule has 1 heterocycles. The Hall–Kier alpha value is -1.82. The highest BCUT2D eigenvalue weighted by Gasteiger charge is 2.25. The third-order valence-electron chi connectivity index (χ3n) is 3.77. The second kappa shape index (κ2) is 8.15. The third kappa shape index (κ3) is 4.34. The van der Waals surface area contributed by atoms with Crippen LogP contribution in [0.1, 0.15) is 30.1 Å². The maximum absolute atomic E-state index is 13.9. The van der Waals surface area contributed by atoms with E-state index in [4.69, 9.17) is 11.6 Å². The first kappa shape index (κ1) is 17.5. The van der Waals surface area contributed by atoms with E-state index in [1.54, 1.807) is 9.80 Å². The van der Waals surface area contributed by atoms with Gasteiger partial charge in [-0.2, -0.15) is 0 Å². The smallest absolute Gasteiger partial charge is 0.317 e. The minimum absolute atomic E-state index is 0.0990. The maximum atomic E-state index is 13.9. The van der Waals surface area contributed by atoms with Crippen molar-refractivity contribution in [3.8, 4) is 0 Å². The van der Waals surface area contributed by atoms with Crippen molar-refractivity contribution in [1.29, 1.82) is 0 Å². The molecule has 2 rings (SSSR count).